The second kappa shape index (κ2) is 7.24. The van der Waals surface area contributed by atoms with Crippen molar-refractivity contribution in [2.45, 2.75) is 18.9 Å². The van der Waals surface area contributed by atoms with Crippen molar-refractivity contribution in [3.63, 3.8) is 0 Å². The molecule has 2 aliphatic rings. The van der Waals surface area contributed by atoms with E-state index in [1.54, 1.807) is 6.20 Å². The molecule has 0 bridgehead atoms. The number of carbonyl (C=O) groups is 1. The number of aromatic amines is 1. The lowest BCUT2D eigenvalue weighted by Gasteiger charge is -2.38. The van der Waals surface area contributed by atoms with Crippen molar-refractivity contribution in [2.24, 2.45) is 0 Å². The predicted octanol–water partition coefficient (Wildman–Crippen LogP) is 3.00. The molecular formula is C23H24N4O. The summed E-state index contributed by atoms with van der Waals surface area (Å²) in [6.07, 6.45) is 4.01. The first-order valence-corrected chi connectivity index (χ1v) is 9.98. The molecule has 1 aromatic heterocycles. The molecule has 3 aromatic rings. The number of benzene rings is 2. The largest absolute Gasteiger partial charge is 0.336 e. The van der Waals surface area contributed by atoms with Gasteiger partial charge in [0.1, 0.15) is 0 Å². The summed E-state index contributed by atoms with van der Waals surface area (Å²) in [5.41, 5.74) is 5.74. The Labute approximate surface area is 165 Å². The van der Waals surface area contributed by atoms with E-state index in [0.717, 1.165) is 55.8 Å². The van der Waals surface area contributed by atoms with Crippen molar-refractivity contribution >= 4 is 5.91 Å². The fourth-order valence-corrected chi connectivity index (χ4v) is 4.48. The molecule has 1 fully saturated rings. The molecule has 0 unspecified atom stereocenters. The van der Waals surface area contributed by atoms with E-state index in [4.69, 9.17) is 0 Å². The average molecular weight is 372 g/mol. The SMILES string of the molecule is O=C(c1ccc(-c2ccn[nH]2)cc1)N1CCN(C2Cc3ccccc3C2)CC1. The van der Waals surface area contributed by atoms with Crippen LogP contribution in [0.5, 0.6) is 0 Å². The Hall–Kier alpha value is -2.92. The molecule has 28 heavy (non-hydrogen) atoms. The maximum absolute atomic E-state index is 12.9. The molecule has 0 atom stereocenters. The molecule has 5 nitrogen and oxygen atoms in total. The molecule has 5 rings (SSSR count). The zero-order valence-corrected chi connectivity index (χ0v) is 15.8. The van der Waals surface area contributed by atoms with Gasteiger partial charge in [-0.15, -0.1) is 0 Å². The van der Waals surface area contributed by atoms with Crippen LogP contribution >= 0.6 is 0 Å². The maximum atomic E-state index is 12.9. The fourth-order valence-electron chi connectivity index (χ4n) is 4.48. The van der Waals surface area contributed by atoms with Crippen LogP contribution in [0.1, 0.15) is 21.5 Å². The number of H-pyrrole nitrogens is 1. The number of hydrogen-bond donors (Lipinski definition) is 1. The van der Waals surface area contributed by atoms with Crippen molar-refractivity contribution in [2.75, 3.05) is 26.2 Å². The number of hydrogen-bond acceptors (Lipinski definition) is 3. The molecule has 1 saturated heterocycles. The molecule has 142 valence electrons. The molecule has 1 amide bonds. The van der Waals surface area contributed by atoms with E-state index in [1.807, 2.05) is 35.2 Å². The zero-order valence-electron chi connectivity index (χ0n) is 15.8. The van der Waals surface area contributed by atoms with E-state index in [2.05, 4.69) is 39.4 Å². The number of aromatic nitrogens is 2. The molecule has 5 heteroatoms. The Bertz CT molecular complexity index is 932. The predicted molar refractivity (Wildman–Crippen MR) is 109 cm³/mol. The first-order valence-electron chi connectivity index (χ1n) is 9.98. The highest BCUT2D eigenvalue weighted by atomic mass is 16.2. The lowest BCUT2D eigenvalue weighted by molar-refractivity contribution is 0.0576. The number of piperazine rings is 1. The van der Waals surface area contributed by atoms with Crippen LogP contribution in [0.4, 0.5) is 0 Å². The average Bonchev–Trinajstić information content (AvgIpc) is 3.43. The molecule has 0 radical (unpaired) electrons. The van der Waals surface area contributed by atoms with Crippen molar-refractivity contribution in [3.05, 3.63) is 77.5 Å². The normalized spacial score (nSPS) is 17.6. The van der Waals surface area contributed by atoms with Crippen LogP contribution < -0.4 is 0 Å². The number of amides is 1. The van der Waals surface area contributed by atoms with Crippen molar-refractivity contribution < 1.29 is 4.79 Å². The minimum Gasteiger partial charge on any atom is -0.336 e. The molecule has 2 heterocycles. The molecule has 1 aliphatic carbocycles. The first-order chi connectivity index (χ1) is 13.8. The number of nitrogens with one attached hydrogen (secondary N) is 1. The highest BCUT2D eigenvalue weighted by molar-refractivity contribution is 5.94. The van der Waals surface area contributed by atoms with Crippen LogP contribution in [0.15, 0.2) is 60.8 Å². The highest BCUT2D eigenvalue weighted by Crippen LogP contribution is 2.26. The van der Waals surface area contributed by atoms with Crippen LogP contribution in [0.25, 0.3) is 11.3 Å². The number of nitrogens with zero attached hydrogens (tertiary/aromatic N) is 3. The van der Waals surface area contributed by atoms with E-state index < -0.39 is 0 Å². The Morgan fingerprint density at radius 3 is 2.18 bits per heavy atom. The van der Waals surface area contributed by atoms with Gasteiger partial charge in [-0.05, 0) is 47.7 Å². The van der Waals surface area contributed by atoms with E-state index >= 15 is 0 Å². The van der Waals surface area contributed by atoms with E-state index in [-0.39, 0.29) is 5.91 Å². The fraction of sp³-hybridized carbons (Fsp3) is 0.304. The summed E-state index contributed by atoms with van der Waals surface area (Å²) < 4.78 is 0. The molecule has 1 aliphatic heterocycles. The lowest BCUT2D eigenvalue weighted by atomic mass is 10.1. The number of fused-ring (bicyclic) bond motifs is 1. The summed E-state index contributed by atoms with van der Waals surface area (Å²) in [4.78, 5) is 17.4. The van der Waals surface area contributed by atoms with Gasteiger partial charge in [0, 0.05) is 44.0 Å². The van der Waals surface area contributed by atoms with Gasteiger partial charge in [-0.2, -0.15) is 5.10 Å². The summed E-state index contributed by atoms with van der Waals surface area (Å²) in [5.74, 6) is 0.130. The van der Waals surface area contributed by atoms with Crippen LogP contribution in [0.2, 0.25) is 0 Å². The Kier molecular flexibility index (Phi) is 4.45. The summed E-state index contributed by atoms with van der Waals surface area (Å²) in [6, 6.07) is 19.1. The molecule has 1 N–H and O–H groups in total. The van der Waals surface area contributed by atoms with Gasteiger partial charge in [0.05, 0.1) is 5.69 Å². The Morgan fingerprint density at radius 2 is 1.57 bits per heavy atom. The maximum Gasteiger partial charge on any atom is 0.253 e. The van der Waals surface area contributed by atoms with E-state index in [1.165, 1.54) is 11.1 Å². The number of carbonyl (C=O) groups excluding carboxylic acids is 1. The summed E-state index contributed by atoms with van der Waals surface area (Å²) in [6.45, 7) is 3.51. The third-order valence-corrected chi connectivity index (χ3v) is 6.09. The molecule has 0 spiro atoms. The molecular weight excluding hydrogens is 348 g/mol. The monoisotopic (exact) mass is 372 g/mol. The van der Waals surface area contributed by atoms with Gasteiger partial charge in [0.15, 0.2) is 0 Å². The molecule has 2 aromatic carbocycles. The highest BCUT2D eigenvalue weighted by Gasteiger charge is 2.30. The number of rotatable bonds is 3. The quantitative estimate of drug-likeness (QED) is 0.769. The summed E-state index contributed by atoms with van der Waals surface area (Å²) >= 11 is 0. The second-order valence-corrected chi connectivity index (χ2v) is 7.71. The Balaban J connectivity index is 1.19. The third-order valence-electron chi connectivity index (χ3n) is 6.09. The van der Waals surface area contributed by atoms with Crippen molar-refractivity contribution in [3.8, 4) is 11.3 Å². The summed E-state index contributed by atoms with van der Waals surface area (Å²) in [7, 11) is 0. The topological polar surface area (TPSA) is 52.2 Å². The standard InChI is InChI=1S/C23H24N4O/c28-23(18-7-5-17(6-8-18)22-9-10-24-25-22)27-13-11-26(12-14-27)21-15-19-3-1-2-4-20(19)16-21/h1-10,21H,11-16H2,(H,24,25). The van der Waals surface area contributed by atoms with E-state index in [9.17, 15) is 4.79 Å². The van der Waals surface area contributed by atoms with Gasteiger partial charge in [-0.25, -0.2) is 0 Å². The van der Waals surface area contributed by atoms with Crippen LogP contribution in [0, 0.1) is 0 Å². The Morgan fingerprint density at radius 1 is 0.893 bits per heavy atom. The van der Waals surface area contributed by atoms with Crippen molar-refractivity contribution in [1.29, 1.82) is 0 Å². The lowest BCUT2D eigenvalue weighted by Crippen LogP contribution is -2.52. The zero-order chi connectivity index (χ0) is 18.9. The smallest absolute Gasteiger partial charge is 0.253 e. The summed E-state index contributed by atoms with van der Waals surface area (Å²) in [5, 5.41) is 6.93. The second-order valence-electron chi connectivity index (χ2n) is 7.71. The third kappa shape index (κ3) is 3.22. The van der Waals surface area contributed by atoms with Crippen molar-refractivity contribution in [1.82, 2.24) is 20.0 Å². The molecule has 0 saturated carbocycles. The van der Waals surface area contributed by atoms with Crippen LogP contribution in [-0.4, -0.2) is 58.1 Å². The first kappa shape index (κ1) is 17.2. The van der Waals surface area contributed by atoms with Gasteiger partial charge < -0.3 is 4.90 Å². The van der Waals surface area contributed by atoms with Gasteiger partial charge in [0.2, 0.25) is 0 Å². The van der Waals surface area contributed by atoms with Gasteiger partial charge in [-0.1, -0.05) is 36.4 Å². The van der Waals surface area contributed by atoms with Gasteiger partial charge in [-0.3, -0.25) is 14.8 Å². The van der Waals surface area contributed by atoms with Crippen LogP contribution in [-0.2, 0) is 12.8 Å². The van der Waals surface area contributed by atoms with Gasteiger partial charge in [0.25, 0.3) is 5.91 Å². The minimum absolute atomic E-state index is 0.130. The van der Waals surface area contributed by atoms with E-state index in [0.29, 0.717) is 6.04 Å². The van der Waals surface area contributed by atoms with Crippen LogP contribution in [0.3, 0.4) is 0 Å². The van der Waals surface area contributed by atoms with Gasteiger partial charge >= 0.3 is 0 Å². The minimum atomic E-state index is 0.130.